The van der Waals surface area contributed by atoms with E-state index in [0.29, 0.717) is 12.8 Å². The molecule has 2 N–H and O–H groups in total. The summed E-state index contributed by atoms with van der Waals surface area (Å²) in [6.07, 6.45) is 0.662. The fourth-order valence-electron chi connectivity index (χ4n) is 2.58. The number of aromatic carboxylic acids is 1. The van der Waals surface area contributed by atoms with E-state index in [-0.39, 0.29) is 23.0 Å². The molecule has 1 unspecified atom stereocenters. The Morgan fingerprint density at radius 3 is 2.35 bits per heavy atom. The number of carboxylic acids is 1. The Morgan fingerprint density at radius 2 is 1.85 bits per heavy atom. The number of carbonyl (C=O) groups is 3. The van der Waals surface area contributed by atoms with Crippen LogP contribution < -0.4 is 5.32 Å². The first kappa shape index (κ1) is 19.2. The first-order valence-electron chi connectivity index (χ1n) is 8.25. The lowest BCUT2D eigenvalue weighted by Crippen LogP contribution is -2.47. The highest BCUT2D eigenvalue weighted by Gasteiger charge is 2.26. The number of amides is 2. The number of carboxylic acid groups (broad SMARTS) is 1. The molecule has 0 aliphatic heterocycles. The first-order chi connectivity index (χ1) is 12.3. The van der Waals surface area contributed by atoms with E-state index < -0.39 is 17.9 Å². The van der Waals surface area contributed by atoms with Gasteiger partial charge in [0.15, 0.2) is 5.76 Å². The second kappa shape index (κ2) is 8.33. The molecule has 0 saturated carbocycles. The summed E-state index contributed by atoms with van der Waals surface area (Å²) in [5, 5.41) is 11.8. The molecule has 0 aliphatic carbocycles. The number of hydrogen-bond acceptors (Lipinski definition) is 4. The van der Waals surface area contributed by atoms with Crippen molar-refractivity contribution in [1.29, 1.82) is 0 Å². The van der Waals surface area contributed by atoms with Crippen LogP contribution in [0.3, 0.4) is 0 Å². The van der Waals surface area contributed by atoms with E-state index in [0.717, 1.165) is 5.56 Å². The largest absolute Gasteiger partial charge is 0.478 e. The van der Waals surface area contributed by atoms with Crippen LogP contribution in [0.25, 0.3) is 0 Å². The summed E-state index contributed by atoms with van der Waals surface area (Å²) < 4.78 is 5.36. The molecule has 2 amide bonds. The van der Waals surface area contributed by atoms with E-state index in [1.165, 1.54) is 11.0 Å². The van der Waals surface area contributed by atoms with Crippen LogP contribution in [-0.4, -0.2) is 47.9 Å². The number of carbonyl (C=O) groups excluding carboxylic acids is 2. The van der Waals surface area contributed by atoms with Gasteiger partial charge in [0.2, 0.25) is 5.91 Å². The Labute approximate surface area is 151 Å². The zero-order valence-electron chi connectivity index (χ0n) is 15.0. The lowest BCUT2D eigenvalue weighted by molar-refractivity contribution is -0.130. The molecule has 2 rings (SSSR count). The van der Waals surface area contributed by atoms with Crippen molar-refractivity contribution in [3.63, 3.8) is 0 Å². The Kier molecular flexibility index (Phi) is 6.16. The molecule has 0 saturated heterocycles. The van der Waals surface area contributed by atoms with Crippen molar-refractivity contribution in [1.82, 2.24) is 10.2 Å². The maximum absolute atomic E-state index is 12.5. The Balaban J connectivity index is 2.23. The van der Waals surface area contributed by atoms with Crippen LogP contribution in [0.15, 0.2) is 40.8 Å². The van der Waals surface area contributed by atoms with Crippen molar-refractivity contribution in [3.8, 4) is 0 Å². The van der Waals surface area contributed by atoms with Crippen LogP contribution in [0.1, 0.15) is 39.2 Å². The molecule has 2 aromatic rings. The van der Waals surface area contributed by atoms with E-state index >= 15 is 0 Å². The third-order valence-corrected chi connectivity index (χ3v) is 3.91. The number of benzene rings is 1. The molecule has 0 aliphatic rings. The average Bonchev–Trinajstić information content (AvgIpc) is 3.06. The summed E-state index contributed by atoms with van der Waals surface area (Å²) in [5.74, 6) is -1.94. The van der Waals surface area contributed by atoms with Gasteiger partial charge in [0.1, 0.15) is 17.4 Å². The average molecular weight is 358 g/mol. The van der Waals surface area contributed by atoms with Gasteiger partial charge in [-0.2, -0.15) is 0 Å². The highest BCUT2D eigenvalue weighted by atomic mass is 16.4. The zero-order valence-corrected chi connectivity index (χ0v) is 15.0. The summed E-state index contributed by atoms with van der Waals surface area (Å²) in [4.78, 5) is 37.6. The predicted octanol–water partition coefficient (Wildman–Crippen LogP) is 1.97. The van der Waals surface area contributed by atoms with E-state index in [4.69, 9.17) is 4.42 Å². The van der Waals surface area contributed by atoms with Gasteiger partial charge in [-0.1, -0.05) is 37.3 Å². The number of nitrogens with zero attached hydrogens (tertiary/aromatic N) is 1. The van der Waals surface area contributed by atoms with Gasteiger partial charge in [0.05, 0.1) is 0 Å². The molecular weight excluding hydrogens is 336 g/mol. The quantitative estimate of drug-likeness (QED) is 0.788. The Bertz CT molecular complexity index is 796. The van der Waals surface area contributed by atoms with Gasteiger partial charge in [-0.15, -0.1) is 0 Å². The van der Waals surface area contributed by atoms with Gasteiger partial charge in [-0.3, -0.25) is 9.59 Å². The molecule has 7 heteroatoms. The lowest BCUT2D eigenvalue weighted by atomic mass is 10.0. The lowest BCUT2D eigenvalue weighted by Gasteiger charge is -2.21. The number of hydrogen-bond donors (Lipinski definition) is 2. The normalized spacial score (nSPS) is 11.7. The molecule has 0 spiro atoms. The molecule has 138 valence electrons. The highest BCUT2D eigenvalue weighted by Crippen LogP contribution is 2.17. The minimum Gasteiger partial charge on any atom is -0.478 e. The van der Waals surface area contributed by atoms with Crippen LogP contribution in [0, 0.1) is 0 Å². The molecule has 1 aromatic heterocycles. The molecule has 0 bridgehead atoms. The molecule has 1 heterocycles. The van der Waals surface area contributed by atoms with Crippen LogP contribution in [0.4, 0.5) is 0 Å². The highest BCUT2D eigenvalue weighted by molar-refractivity contribution is 5.98. The first-order valence-corrected chi connectivity index (χ1v) is 8.25. The molecule has 1 atom stereocenters. The summed E-state index contributed by atoms with van der Waals surface area (Å²) in [6.45, 7) is 1.74. The van der Waals surface area contributed by atoms with Crippen molar-refractivity contribution in [2.24, 2.45) is 0 Å². The maximum atomic E-state index is 12.5. The van der Waals surface area contributed by atoms with E-state index in [1.807, 2.05) is 30.3 Å². The number of likely N-dealkylation sites (N-methyl/N-ethyl adjacent to an activating group) is 1. The fourth-order valence-corrected chi connectivity index (χ4v) is 2.58. The van der Waals surface area contributed by atoms with Crippen molar-refractivity contribution in [2.45, 2.75) is 25.8 Å². The van der Waals surface area contributed by atoms with E-state index in [2.05, 4.69) is 5.32 Å². The van der Waals surface area contributed by atoms with Gasteiger partial charge in [-0.25, -0.2) is 4.79 Å². The van der Waals surface area contributed by atoms with E-state index in [1.54, 1.807) is 21.0 Å². The molecule has 26 heavy (non-hydrogen) atoms. The zero-order chi connectivity index (χ0) is 19.3. The van der Waals surface area contributed by atoms with Gasteiger partial charge < -0.3 is 19.7 Å². The van der Waals surface area contributed by atoms with Crippen molar-refractivity contribution >= 4 is 17.8 Å². The van der Waals surface area contributed by atoms with Gasteiger partial charge in [0.25, 0.3) is 5.91 Å². The van der Waals surface area contributed by atoms with Crippen LogP contribution in [0.5, 0.6) is 0 Å². The van der Waals surface area contributed by atoms with Crippen molar-refractivity contribution in [3.05, 3.63) is 59.0 Å². The minimum atomic E-state index is -1.16. The third-order valence-electron chi connectivity index (χ3n) is 3.91. The van der Waals surface area contributed by atoms with Crippen molar-refractivity contribution < 1.29 is 23.9 Å². The molecular formula is C19H22N2O5. The second-order valence-corrected chi connectivity index (χ2v) is 6.05. The second-order valence-electron chi connectivity index (χ2n) is 6.05. The summed E-state index contributed by atoms with van der Waals surface area (Å²) in [7, 11) is 3.22. The van der Waals surface area contributed by atoms with E-state index in [9.17, 15) is 19.5 Å². The van der Waals surface area contributed by atoms with Crippen LogP contribution in [0.2, 0.25) is 0 Å². The predicted molar refractivity (Wildman–Crippen MR) is 95.1 cm³/mol. The van der Waals surface area contributed by atoms with Gasteiger partial charge >= 0.3 is 5.97 Å². The molecule has 0 radical (unpaired) electrons. The number of nitrogens with one attached hydrogen (secondary N) is 1. The maximum Gasteiger partial charge on any atom is 0.339 e. The number of furan rings is 1. The molecule has 1 aromatic carbocycles. The van der Waals surface area contributed by atoms with Crippen LogP contribution in [-0.2, 0) is 17.6 Å². The number of rotatable bonds is 7. The monoisotopic (exact) mass is 358 g/mol. The summed E-state index contributed by atoms with van der Waals surface area (Å²) in [5.41, 5.74) is 0.851. The smallest absolute Gasteiger partial charge is 0.339 e. The number of aryl methyl sites for hydroxylation is 1. The van der Waals surface area contributed by atoms with Gasteiger partial charge in [0, 0.05) is 33.0 Å². The third kappa shape index (κ3) is 4.50. The Hall–Kier alpha value is -3.09. The standard InChI is InChI=1S/C19H22N2O5/c1-4-15-13(19(24)25)11-16(26-15)17(22)20-14(18(23)21(2)3)10-12-8-6-5-7-9-12/h5-9,11,14H,4,10H2,1-3H3,(H,20,22)(H,24,25). The fraction of sp³-hybridized carbons (Fsp3) is 0.316. The van der Waals surface area contributed by atoms with Crippen LogP contribution >= 0.6 is 0 Å². The molecule has 7 nitrogen and oxygen atoms in total. The van der Waals surface area contributed by atoms with Crippen molar-refractivity contribution in [2.75, 3.05) is 14.1 Å². The minimum absolute atomic E-state index is 0.0452. The summed E-state index contributed by atoms with van der Waals surface area (Å²) in [6, 6.07) is 9.72. The molecule has 0 fully saturated rings. The SMILES string of the molecule is CCc1oc(C(=O)NC(Cc2ccccc2)C(=O)N(C)C)cc1C(=O)O. The van der Waals surface area contributed by atoms with Gasteiger partial charge in [-0.05, 0) is 5.56 Å². The topological polar surface area (TPSA) is 99.9 Å². The Morgan fingerprint density at radius 1 is 1.19 bits per heavy atom. The summed E-state index contributed by atoms with van der Waals surface area (Å²) >= 11 is 0.